The molecule has 1 saturated carbocycles. The summed E-state index contributed by atoms with van der Waals surface area (Å²) < 4.78 is 0. The van der Waals surface area contributed by atoms with E-state index in [1.165, 1.54) is 38.8 Å². The van der Waals surface area contributed by atoms with E-state index >= 15 is 0 Å². The molecular formula is C8H16N2. The molecule has 2 unspecified atom stereocenters. The average Bonchev–Trinajstić information content (AvgIpc) is 2.30. The predicted molar refractivity (Wildman–Crippen MR) is 42.0 cm³/mol. The van der Waals surface area contributed by atoms with Crippen LogP contribution < -0.4 is 10.6 Å². The molecule has 2 aliphatic rings. The van der Waals surface area contributed by atoms with Crippen LogP contribution in [0.4, 0.5) is 0 Å². The lowest BCUT2D eigenvalue weighted by Crippen LogP contribution is -2.37. The van der Waals surface area contributed by atoms with Crippen LogP contribution in [0.2, 0.25) is 0 Å². The molecule has 2 heteroatoms. The van der Waals surface area contributed by atoms with Crippen LogP contribution in [0.15, 0.2) is 0 Å². The van der Waals surface area contributed by atoms with Crippen molar-refractivity contribution in [2.45, 2.75) is 37.8 Å². The van der Waals surface area contributed by atoms with Gasteiger partial charge in [-0.1, -0.05) is 0 Å². The Bertz CT molecular complexity index is 102. The molecule has 2 nitrogen and oxygen atoms in total. The van der Waals surface area contributed by atoms with Gasteiger partial charge in [0.15, 0.2) is 0 Å². The fourth-order valence-electron chi connectivity index (χ4n) is 2.05. The molecule has 2 N–H and O–H groups in total. The quantitative estimate of drug-likeness (QED) is 0.511. The molecule has 58 valence electrons. The van der Waals surface area contributed by atoms with E-state index in [1.807, 2.05) is 0 Å². The van der Waals surface area contributed by atoms with Crippen LogP contribution in [-0.4, -0.2) is 25.2 Å². The Labute approximate surface area is 62.4 Å². The van der Waals surface area contributed by atoms with Gasteiger partial charge in [-0.25, -0.2) is 0 Å². The molecule has 0 aromatic carbocycles. The lowest BCUT2D eigenvalue weighted by atomic mass is 10.2. The molecule has 1 aliphatic carbocycles. The number of hydrogen-bond donors (Lipinski definition) is 2. The lowest BCUT2D eigenvalue weighted by Gasteiger charge is -2.18. The third kappa shape index (κ3) is 1.32. The maximum Gasteiger partial charge on any atom is 0.00824 e. The third-order valence-corrected chi connectivity index (χ3v) is 2.65. The summed E-state index contributed by atoms with van der Waals surface area (Å²) in [6.07, 6.45) is 5.43. The number of hydrogen-bond acceptors (Lipinski definition) is 2. The first-order valence-electron chi connectivity index (χ1n) is 4.42. The van der Waals surface area contributed by atoms with E-state index in [-0.39, 0.29) is 0 Å². The molecule has 2 bridgehead atoms. The standard InChI is InChI=1S/C8H16N2/c1-4-9-7-2-3-8(6-7)10-5-1/h7-10H,1-6H2. The summed E-state index contributed by atoms with van der Waals surface area (Å²) in [5.41, 5.74) is 0. The summed E-state index contributed by atoms with van der Waals surface area (Å²) in [7, 11) is 0. The van der Waals surface area contributed by atoms with Gasteiger partial charge in [-0.3, -0.25) is 0 Å². The highest BCUT2D eigenvalue weighted by atomic mass is 15.0. The second-order valence-corrected chi connectivity index (χ2v) is 3.47. The van der Waals surface area contributed by atoms with Gasteiger partial charge in [-0.2, -0.15) is 0 Å². The highest BCUT2D eigenvalue weighted by Gasteiger charge is 2.24. The van der Waals surface area contributed by atoms with Crippen molar-refractivity contribution in [3.8, 4) is 0 Å². The van der Waals surface area contributed by atoms with Crippen molar-refractivity contribution in [1.29, 1.82) is 0 Å². The fourth-order valence-corrected chi connectivity index (χ4v) is 2.05. The van der Waals surface area contributed by atoms with E-state index in [9.17, 15) is 0 Å². The minimum Gasteiger partial charge on any atom is -0.314 e. The normalized spacial score (nSPS) is 40.8. The van der Waals surface area contributed by atoms with Gasteiger partial charge in [-0.15, -0.1) is 0 Å². The van der Waals surface area contributed by atoms with Crippen LogP contribution in [0, 0.1) is 0 Å². The Kier molecular flexibility index (Phi) is 1.91. The summed E-state index contributed by atoms with van der Waals surface area (Å²) in [4.78, 5) is 0. The van der Waals surface area contributed by atoms with E-state index in [0.717, 1.165) is 12.1 Å². The first-order valence-corrected chi connectivity index (χ1v) is 4.42. The van der Waals surface area contributed by atoms with Crippen LogP contribution in [0.1, 0.15) is 25.7 Å². The van der Waals surface area contributed by atoms with Crippen molar-refractivity contribution in [3.05, 3.63) is 0 Å². The zero-order valence-corrected chi connectivity index (χ0v) is 6.40. The first-order chi connectivity index (χ1) is 4.95. The largest absolute Gasteiger partial charge is 0.314 e. The van der Waals surface area contributed by atoms with Gasteiger partial charge in [-0.05, 0) is 38.8 Å². The van der Waals surface area contributed by atoms with E-state index in [2.05, 4.69) is 10.6 Å². The van der Waals surface area contributed by atoms with E-state index in [1.54, 1.807) is 0 Å². The van der Waals surface area contributed by atoms with Crippen molar-refractivity contribution >= 4 is 0 Å². The van der Waals surface area contributed by atoms with Gasteiger partial charge in [0.25, 0.3) is 0 Å². The maximum atomic E-state index is 3.57. The molecular weight excluding hydrogens is 124 g/mol. The van der Waals surface area contributed by atoms with Crippen LogP contribution in [-0.2, 0) is 0 Å². The van der Waals surface area contributed by atoms with Crippen molar-refractivity contribution in [1.82, 2.24) is 10.6 Å². The molecule has 1 aliphatic heterocycles. The Morgan fingerprint density at radius 1 is 0.900 bits per heavy atom. The van der Waals surface area contributed by atoms with Crippen molar-refractivity contribution in [2.24, 2.45) is 0 Å². The van der Waals surface area contributed by atoms with Gasteiger partial charge in [0.05, 0.1) is 0 Å². The monoisotopic (exact) mass is 140 g/mol. The molecule has 1 saturated heterocycles. The molecule has 0 aromatic rings. The maximum absolute atomic E-state index is 3.57. The van der Waals surface area contributed by atoms with Crippen LogP contribution in [0.3, 0.4) is 0 Å². The Morgan fingerprint density at radius 2 is 1.50 bits per heavy atom. The molecule has 0 aromatic heterocycles. The molecule has 0 radical (unpaired) electrons. The number of rotatable bonds is 0. The SMILES string of the molecule is C1CNC2CCC(C2)NC1. The third-order valence-electron chi connectivity index (χ3n) is 2.65. The van der Waals surface area contributed by atoms with Crippen molar-refractivity contribution < 1.29 is 0 Å². The number of nitrogens with one attached hydrogen (secondary N) is 2. The van der Waals surface area contributed by atoms with Gasteiger partial charge >= 0.3 is 0 Å². The summed E-state index contributed by atoms with van der Waals surface area (Å²) in [5, 5.41) is 7.15. The topological polar surface area (TPSA) is 24.1 Å². The highest BCUT2D eigenvalue weighted by molar-refractivity contribution is 4.86. The molecule has 2 atom stereocenters. The van der Waals surface area contributed by atoms with E-state index in [0.29, 0.717) is 0 Å². The Morgan fingerprint density at radius 3 is 2.10 bits per heavy atom. The summed E-state index contributed by atoms with van der Waals surface area (Å²) in [5.74, 6) is 0. The molecule has 2 rings (SSSR count). The molecule has 10 heavy (non-hydrogen) atoms. The summed E-state index contributed by atoms with van der Waals surface area (Å²) >= 11 is 0. The summed E-state index contributed by atoms with van der Waals surface area (Å²) in [6, 6.07) is 1.66. The Balaban J connectivity index is 1.91. The van der Waals surface area contributed by atoms with Crippen molar-refractivity contribution in [3.63, 3.8) is 0 Å². The average molecular weight is 140 g/mol. The van der Waals surface area contributed by atoms with Crippen LogP contribution in [0.5, 0.6) is 0 Å². The zero-order chi connectivity index (χ0) is 6.81. The minimum absolute atomic E-state index is 0.831. The van der Waals surface area contributed by atoms with Crippen LogP contribution in [0.25, 0.3) is 0 Å². The first kappa shape index (κ1) is 6.62. The molecule has 1 heterocycles. The molecule has 0 spiro atoms. The van der Waals surface area contributed by atoms with E-state index in [4.69, 9.17) is 0 Å². The smallest absolute Gasteiger partial charge is 0.00824 e. The van der Waals surface area contributed by atoms with Gasteiger partial charge in [0.1, 0.15) is 0 Å². The number of fused-ring (bicyclic) bond motifs is 2. The van der Waals surface area contributed by atoms with E-state index < -0.39 is 0 Å². The fraction of sp³-hybridized carbons (Fsp3) is 1.00. The highest BCUT2D eigenvalue weighted by Crippen LogP contribution is 2.19. The predicted octanol–water partition coefficient (Wildman–Crippen LogP) is 0.490. The summed E-state index contributed by atoms with van der Waals surface area (Å²) in [6.45, 7) is 2.43. The second kappa shape index (κ2) is 2.89. The lowest BCUT2D eigenvalue weighted by molar-refractivity contribution is 0.436. The van der Waals surface area contributed by atoms with Crippen molar-refractivity contribution in [2.75, 3.05) is 13.1 Å². The van der Waals surface area contributed by atoms with Crippen LogP contribution >= 0.6 is 0 Å². The second-order valence-electron chi connectivity index (χ2n) is 3.47. The molecule has 2 fully saturated rings. The molecule has 0 amide bonds. The zero-order valence-electron chi connectivity index (χ0n) is 6.40. The van der Waals surface area contributed by atoms with Gasteiger partial charge in [0.2, 0.25) is 0 Å². The van der Waals surface area contributed by atoms with Gasteiger partial charge in [0, 0.05) is 12.1 Å². The minimum atomic E-state index is 0.831. The van der Waals surface area contributed by atoms with Gasteiger partial charge < -0.3 is 10.6 Å². The Hall–Kier alpha value is -0.0800.